The number of methoxy groups -OCH3 is 2. The van der Waals surface area contributed by atoms with Crippen LogP contribution in [0.25, 0.3) is 0 Å². The van der Waals surface area contributed by atoms with Gasteiger partial charge in [-0.1, -0.05) is 43.0 Å². The second kappa shape index (κ2) is 7.97. The zero-order valence-electron chi connectivity index (χ0n) is 17.1. The van der Waals surface area contributed by atoms with Gasteiger partial charge in [0.25, 0.3) is 0 Å². The molecule has 2 aromatic carbocycles. The highest BCUT2D eigenvalue weighted by atomic mass is 16.5. The number of urea groups is 1. The number of hydrogen-bond acceptors (Lipinski definition) is 3. The maximum atomic E-state index is 12.9. The molecule has 1 aliphatic heterocycles. The fraction of sp³-hybridized carbons (Fsp3) is 0.348. The van der Waals surface area contributed by atoms with Gasteiger partial charge in [-0.05, 0) is 36.6 Å². The van der Waals surface area contributed by atoms with Crippen LogP contribution in [0.5, 0.6) is 11.5 Å². The molecule has 0 radical (unpaired) electrons. The van der Waals surface area contributed by atoms with E-state index in [1.807, 2.05) is 43.4 Å². The fourth-order valence-electron chi connectivity index (χ4n) is 3.71. The molecule has 0 N–H and O–H groups in total. The van der Waals surface area contributed by atoms with Gasteiger partial charge in [-0.3, -0.25) is 4.90 Å². The van der Waals surface area contributed by atoms with Crippen LogP contribution in [0.3, 0.4) is 0 Å². The Labute approximate surface area is 167 Å². The molecular weight excluding hydrogens is 352 g/mol. The van der Waals surface area contributed by atoms with E-state index in [-0.39, 0.29) is 6.03 Å². The summed E-state index contributed by atoms with van der Waals surface area (Å²) >= 11 is 0. The Hall–Kier alpha value is -2.95. The molecule has 5 heteroatoms. The SMILES string of the molecule is C=C1N(CCc2ccc(OC)c(OC)c2)C(=O)N(C)C1(C)Cc1ccccc1. The number of benzene rings is 2. The number of carbonyl (C=O) groups excluding carboxylic acids is 1. The largest absolute Gasteiger partial charge is 0.493 e. The summed E-state index contributed by atoms with van der Waals surface area (Å²) in [7, 11) is 5.10. The van der Waals surface area contributed by atoms with Crippen LogP contribution in [-0.2, 0) is 12.8 Å². The summed E-state index contributed by atoms with van der Waals surface area (Å²) in [5.41, 5.74) is 2.67. The van der Waals surface area contributed by atoms with Gasteiger partial charge in [0.15, 0.2) is 11.5 Å². The predicted octanol–water partition coefficient (Wildman–Crippen LogP) is 4.13. The zero-order valence-corrected chi connectivity index (χ0v) is 17.1. The first kappa shape index (κ1) is 19.8. The lowest BCUT2D eigenvalue weighted by Gasteiger charge is -2.31. The monoisotopic (exact) mass is 380 g/mol. The van der Waals surface area contributed by atoms with Gasteiger partial charge in [-0.25, -0.2) is 4.79 Å². The maximum Gasteiger partial charge on any atom is 0.324 e. The van der Waals surface area contributed by atoms with Crippen LogP contribution in [0.4, 0.5) is 4.79 Å². The molecule has 1 unspecified atom stereocenters. The number of carbonyl (C=O) groups is 1. The lowest BCUT2D eigenvalue weighted by Crippen LogP contribution is -2.42. The molecule has 1 atom stereocenters. The van der Waals surface area contributed by atoms with Gasteiger partial charge in [0.2, 0.25) is 0 Å². The summed E-state index contributed by atoms with van der Waals surface area (Å²) in [4.78, 5) is 16.5. The Morgan fingerprint density at radius 1 is 1.00 bits per heavy atom. The minimum atomic E-state index is -0.434. The number of amides is 2. The van der Waals surface area contributed by atoms with Gasteiger partial charge in [0, 0.05) is 25.7 Å². The molecule has 1 aliphatic rings. The summed E-state index contributed by atoms with van der Waals surface area (Å²) in [5.74, 6) is 1.39. The molecule has 2 amide bonds. The summed E-state index contributed by atoms with van der Waals surface area (Å²) in [6, 6.07) is 16.0. The molecule has 1 fully saturated rings. The standard InChI is InChI=1S/C23H28N2O3/c1-17-23(2,16-19-9-7-6-8-10-19)24(3)22(26)25(17)14-13-18-11-12-20(27-4)21(15-18)28-5/h6-12,15H,1,13-14,16H2,2-5H3. The second-order valence-corrected chi connectivity index (χ2v) is 7.32. The van der Waals surface area contributed by atoms with Crippen molar-refractivity contribution in [3.8, 4) is 11.5 Å². The van der Waals surface area contributed by atoms with Crippen molar-refractivity contribution in [1.82, 2.24) is 9.80 Å². The Morgan fingerprint density at radius 2 is 1.68 bits per heavy atom. The summed E-state index contributed by atoms with van der Waals surface area (Å²) < 4.78 is 10.7. The van der Waals surface area contributed by atoms with Crippen LogP contribution in [0.2, 0.25) is 0 Å². The Balaban J connectivity index is 1.74. The highest BCUT2D eigenvalue weighted by molar-refractivity contribution is 5.81. The first-order chi connectivity index (χ1) is 13.4. The zero-order chi connectivity index (χ0) is 20.3. The molecule has 5 nitrogen and oxygen atoms in total. The number of ether oxygens (including phenoxy) is 2. The number of rotatable bonds is 7. The van der Waals surface area contributed by atoms with Gasteiger partial charge in [0.05, 0.1) is 19.8 Å². The van der Waals surface area contributed by atoms with Gasteiger partial charge >= 0.3 is 6.03 Å². The van der Waals surface area contributed by atoms with Crippen LogP contribution in [0.15, 0.2) is 60.8 Å². The van der Waals surface area contributed by atoms with Gasteiger partial charge in [-0.15, -0.1) is 0 Å². The molecule has 148 valence electrons. The van der Waals surface area contributed by atoms with Crippen molar-refractivity contribution < 1.29 is 14.3 Å². The molecule has 2 aromatic rings. The molecule has 1 saturated heterocycles. The third kappa shape index (κ3) is 3.57. The average Bonchev–Trinajstić information content (AvgIpc) is 2.87. The third-order valence-electron chi connectivity index (χ3n) is 5.67. The predicted molar refractivity (Wildman–Crippen MR) is 111 cm³/mol. The molecule has 0 saturated carbocycles. The highest BCUT2D eigenvalue weighted by Crippen LogP contribution is 2.37. The Morgan fingerprint density at radius 3 is 2.32 bits per heavy atom. The fourth-order valence-corrected chi connectivity index (χ4v) is 3.71. The van der Waals surface area contributed by atoms with Crippen molar-refractivity contribution in [2.24, 2.45) is 0 Å². The van der Waals surface area contributed by atoms with E-state index in [0.29, 0.717) is 24.5 Å². The van der Waals surface area contributed by atoms with Crippen molar-refractivity contribution in [2.75, 3.05) is 27.8 Å². The van der Waals surface area contributed by atoms with Crippen molar-refractivity contribution in [2.45, 2.75) is 25.3 Å². The topological polar surface area (TPSA) is 42.0 Å². The summed E-state index contributed by atoms with van der Waals surface area (Å²) in [6.45, 7) is 6.93. The molecular formula is C23H28N2O3. The summed E-state index contributed by atoms with van der Waals surface area (Å²) in [6.07, 6.45) is 1.45. The van der Waals surface area contributed by atoms with E-state index in [0.717, 1.165) is 17.7 Å². The third-order valence-corrected chi connectivity index (χ3v) is 5.67. The first-order valence-electron chi connectivity index (χ1n) is 9.40. The van der Waals surface area contributed by atoms with Crippen molar-refractivity contribution in [3.05, 3.63) is 71.9 Å². The van der Waals surface area contributed by atoms with E-state index in [9.17, 15) is 4.79 Å². The van der Waals surface area contributed by atoms with E-state index in [1.54, 1.807) is 24.0 Å². The smallest absolute Gasteiger partial charge is 0.324 e. The minimum Gasteiger partial charge on any atom is -0.493 e. The van der Waals surface area contributed by atoms with Crippen molar-refractivity contribution >= 4 is 6.03 Å². The lowest BCUT2D eigenvalue weighted by molar-refractivity contribution is 0.183. The van der Waals surface area contributed by atoms with E-state index in [4.69, 9.17) is 9.47 Å². The second-order valence-electron chi connectivity index (χ2n) is 7.32. The number of nitrogens with zero attached hydrogens (tertiary/aromatic N) is 2. The van der Waals surface area contributed by atoms with Crippen LogP contribution in [-0.4, -0.2) is 49.2 Å². The van der Waals surface area contributed by atoms with Gasteiger partial charge in [0.1, 0.15) is 0 Å². The van der Waals surface area contributed by atoms with Crippen molar-refractivity contribution in [1.29, 1.82) is 0 Å². The number of likely N-dealkylation sites (N-methyl/N-ethyl adjacent to an activating group) is 1. The molecule has 0 aromatic heterocycles. The van der Waals surface area contributed by atoms with Gasteiger partial charge in [-0.2, -0.15) is 0 Å². The average molecular weight is 380 g/mol. The molecule has 28 heavy (non-hydrogen) atoms. The highest BCUT2D eigenvalue weighted by Gasteiger charge is 2.47. The van der Waals surface area contributed by atoms with E-state index < -0.39 is 5.54 Å². The molecule has 0 spiro atoms. The molecule has 3 rings (SSSR count). The lowest BCUT2D eigenvalue weighted by atomic mass is 9.89. The van der Waals surface area contributed by atoms with Crippen LogP contribution in [0.1, 0.15) is 18.1 Å². The van der Waals surface area contributed by atoms with Crippen LogP contribution >= 0.6 is 0 Å². The quantitative estimate of drug-likeness (QED) is 0.725. The van der Waals surface area contributed by atoms with Crippen molar-refractivity contribution in [3.63, 3.8) is 0 Å². The van der Waals surface area contributed by atoms with Crippen LogP contribution < -0.4 is 9.47 Å². The first-order valence-corrected chi connectivity index (χ1v) is 9.40. The van der Waals surface area contributed by atoms with Gasteiger partial charge < -0.3 is 14.4 Å². The van der Waals surface area contributed by atoms with E-state index >= 15 is 0 Å². The normalized spacial score (nSPS) is 19.3. The molecule has 0 bridgehead atoms. The van der Waals surface area contributed by atoms with E-state index in [1.165, 1.54) is 5.56 Å². The van der Waals surface area contributed by atoms with E-state index in [2.05, 4.69) is 25.6 Å². The molecule has 1 heterocycles. The minimum absolute atomic E-state index is 0.0103. The Bertz CT molecular complexity index is 865. The van der Waals surface area contributed by atoms with Crippen LogP contribution in [0, 0.1) is 0 Å². The maximum absolute atomic E-state index is 12.9. The summed E-state index contributed by atoms with van der Waals surface area (Å²) in [5, 5.41) is 0. The Kier molecular flexibility index (Phi) is 5.63. The molecule has 0 aliphatic carbocycles. The number of hydrogen-bond donors (Lipinski definition) is 0.